The molecule has 0 saturated carbocycles. The third kappa shape index (κ3) is 3.22. The molecule has 0 saturated heterocycles. The lowest BCUT2D eigenvalue weighted by atomic mass is 10.1. The SMILES string of the molecule is CCC(N)CCCc1c(Cl)c(C)nn1CC. The van der Waals surface area contributed by atoms with Crippen molar-refractivity contribution in [3.63, 3.8) is 0 Å². The zero-order valence-electron chi connectivity index (χ0n) is 10.5. The van der Waals surface area contributed by atoms with E-state index in [0.29, 0.717) is 6.04 Å². The molecule has 4 heteroatoms. The lowest BCUT2D eigenvalue weighted by Gasteiger charge is -2.09. The van der Waals surface area contributed by atoms with Crippen molar-refractivity contribution >= 4 is 11.6 Å². The number of aryl methyl sites for hydroxylation is 2. The third-order valence-electron chi connectivity index (χ3n) is 2.97. The minimum Gasteiger partial charge on any atom is -0.328 e. The van der Waals surface area contributed by atoms with Crippen LogP contribution in [0.3, 0.4) is 0 Å². The Hall–Kier alpha value is -0.540. The summed E-state index contributed by atoms with van der Waals surface area (Å²) in [5, 5.41) is 5.23. The summed E-state index contributed by atoms with van der Waals surface area (Å²) in [7, 11) is 0. The number of nitrogens with two attached hydrogens (primary N) is 1. The van der Waals surface area contributed by atoms with Crippen molar-refractivity contribution in [1.29, 1.82) is 0 Å². The van der Waals surface area contributed by atoms with Crippen molar-refractivity contribution < 1.29 is 0 Å². The van der Waals surface area contributed by atoms with Gasteiger partial charge in [0, 0.05) is 12.6 Å². The topological polar surface area (TPSA) is 43.8 Å². The fraction of sp³-hybridized carbons (Fsp3) is 0.750. The molecule has 0 aromatic carbocycles. The van der Waals surface area contributed by atoms with Crippen LogP contribution in [0.2, 0.25) is 5.02 Å². The summed E-state index contributed by atoms with van der Waals surface area (Å²) in [5.41, 5.74) is 7.98. The molecule has 1 atom stereocenters. The summed E-state index contributed by atoms with van der Waals surface area (Å²) in [5.74, 6) is 0. The van der Waals surface area contributed by atoms with Gasteiger partial charge in [0.25, 0.3) is 0 Å². The highest BCUT2D eigenvalue weighted by Crippen LogP contribution is 2.22. The molecule has 1 heterocycles. The van der Waals surface area contributed by atoms with Crippen molar-refractivity contribution in [3.05, 3.63) is 16.4 Å². The summed E-state index contributed by atoms with van der Waals surface area (Å²) in [6, 6.07) is 0.317. The van der Waals surface area contributed by atoms with Gasteiger partial charge in [0.15, 0.2) is 0 Å². The fourth-order valence-corrected chi connectivity index (χ4v) is 2.07. The molecule has 0 aliphatic rings. The molecular weight excluding hydrogens is 222 g/mol. The van der Waals surface area contributed by atoms with Gasteiger partial charge in [-0.05, 0) is 39.5 Å². The van der Waals surface area contributed by atoms with Crippen LogP contribution in [0.5, 0.6) is 0 Å². The van der Waals surface area contributed by atoms with Crippen LogP contribution in [0.25, 0.3) is 0 Å². The Kier molecular flexibility index (Phi) is 5.29. The first-order valence-corrected chi connectivity index (χ1v) is 6.45. The van der Waals surface area contributed by atoms with Crippen LogP contribution in [0.1, 0.15) is 44.5 Å². The van der Waals surface area contributed by atoms with E-state index >= 15 is 0 Å². The van der Waals surface area contributed by atoms with Crippen LogP contribution in [-0.2, 0) is 13.0 Å². The Labute approximate surface area is 103 Å². The molecule has 16 heavy (non-hydrogen) atoms. The first-order chi connectivity index (χ1) is 7.60. The molecule has 0 fully saturated rings. The second-order valence-electron chi connectivity index (χ2n) is 4.22. The Morgan fingerprint density at radius 2 is 2.12 bits per heavy atom. The number of aromatic nitrogens is 2. The van der Waals surface area contributed by atoms with E-state index in [1.165, 1.54) is 0 Å². The molecule has 1 rings (SSSR count). The molecule has 3 nitrogen and oxygen atoms in total. The van der Waals surface area contributed by atoms with E-state index in [1.54, 1.807) is 0 Å². The maximum Gasteiger partial charge on any atom is 0.0847 e. The number of hydrogen-bond donors (Lipinski definition) is 1. The van der Waals surface area contributed by atoms with Gasteiger partial charge in [-0.3, -0.25) is 4.68 Å². The first-order valence-electron chi connectivity index (χ1n) is 6.07. The standard InChI is InChI=1S/C12H22ClN3/c1-4-10(14)7-6-8-11-12(13)9(3)15-16(11)5-2/h10H,4-8,14H2,1-3H3. The van der Waals surface area contributed by atoms with Crippen molar-refractivity contribution in [1.82, 2.24) is 9.78 Å². The smallest absolute Gasteiger partial charge is 0.0847 e. The summed E-state index contributed by atoms with van der Waals surface area (Å²) in [6.07, 6.45) is 4.15. The van der Waals surface area contributed by atoms with Gasteiger partial charge in [-0.25, -0.2) is 0 Å². The summed E-state index contributed by atoms with van der Waals surface area (Å²) >= 11 is 6.23. The molecule has 1 unspecified atom stereocenters. The Morgan fingerprint density at radius 3 is 2.69 bits per heavy atom. The molecule has 2 N–H and O–H groups in total. The van der Waals surface area contributed by atoms with E-state index < -0.39 is 0 Å². The van der Waals surface area contributed by atoms with Gasteiger partial charge in [-0.15, -0.1) is 0 Å². The largest absolute Gasteiger partial charge is 0.328 e. The minimum absolute atomic E-state index is 0.317. The van der Waals surface area contributed by atoms with Crippen molar-refractivity contribution in [3.8, 4) is 0 Å². The van der Waals surface area contributed by atoms with Crippen LogP contribution >= 0.6 is 11.6 Å². The lowest BCUT2D eigenvalue weighted by molar-refractivity contribution is 0.546. The van der Waals surface area contributed by atoms with Gasteiger partial charge < -0.3 is 5.73 Å². The average molecular weight is 244 g/mol. The molecule has 0 radical (unpaired) electrons. The molecule has 0 aliphatic carbocycles. The predicted octanol–water partition coefficient (Wildman–Crippen LogP) is 2.92. The molecule has 92 valence electrons. The predicted molar refractivity (Wildman–Crippen MR) is 68.9 cm³/mol. The van der Waals surface area contributed by atoms with Crippen molar-refractivity contribution in [2.75, 3.05) is 0 Å². The van der Waals surface area contributed by atoms with Gasteiger partial charge in [0.2, 0.25) is 0 Å². The van der Waals surface area contributed by atoms with E-state index in [1.807, 2.05) is 11.6 Å². The van der Waals surface area contributed by atoms with Crippen LogP contribution in [0.4, 0.5) is 0 Å². The summed E-state index contributed by atoms with van der Waals surface area (Å²) < 4.78 is 2.00. The molecule has 0 spiro atoms. The number of halogens is 1. The highest BCUT2D eigenvalue weighted by Gasteiger charge is 2.12. The zero-order chi connectivity index (χ0) is 12.1. The first kappa shape index (κ1) is 13.5. The quantitative estimate of drug-likeness (QED) is 0.835. The molecule has 0 amide bonds. The van der Waals surface area contributed by atoms with Gasteiger partial charge in [-0.2, -0.15) is 5.10 Å². The van der Waals surface area contributed by atoms with E-state index in [9.17, 15) is 0 Å². The van der Waals surface area contributed by atoms with Gasteiger partial charge in [0.1, 0.15) is 0 Å². The molecule has 1 aromatic rings. The zero-order valence-corrected chi connectivity index (χ0v) is 11.2. The fourth-order valence-electron chi connectivity index (χ4n) is 1.84. The summed E-state index contributed by atoms with van der Waals surface area (Å²) in [6.45, 7) is 7.04. The van der Waals surface area contributed by atoms with Crippen molar-refractivity contribution in [2.45, 2.75) is 59.0 Å². The molecule has 0 aliphatic heterocycles. The molecular formula is C12H22ClN3. The van der Waals surface area contributed by atoms with Crippen LogP contribution in [-0.4, -0.2) is 15.8 Å². The normalized spacial score (nSPS) is 13.1. The average Bonchev–Trinajstić information content (AvgIpc) is 2.56. The Bertz CT molecular complexity index is 333. The summed E-state index contributed by atoms with van der Waals surface area (Å²) in [4.78, 5) is 0. The molecule has 1 aromatic heterocycles. The monoisotopic (exact) mass is 243 g/mol. The van der Waals surface area contributed by atoms with Gasteiger partial charge in [-0.1, -0.05) is 18.5 Å². The Morgan fingerprint density at radius 1 is 1.44 bits per heavy atom. The van der Waals surface area contributed by atoms with E-state index in [0.717, 1.165) is 48.6 Å². The van der Waals surface area contributed by atoms with E-state index in [-0.39, 0.29) is 0 Å². The van der Waals surface area contributed by atoms with Crippen LogP contribution < -0.4 is 5.73 Å². The van der Waals surface area contributed by atoms with Gasteiger partial charge >= 0.3 is 0 Å². The van der Waals surface area contributed by atoms with Crippen molar-refractivity contribution in [2.24, 2.45) is 5.73 Å². The highest BCUT2D eigenvalue weighted by atomic mass is 35.5. The second kappa shape index (κ2) is 6.26. The number of nitrogens with zero attached hydrogens (tertiary/aromatic N) is 2. The third-order valence-corrected chi connectivity index (χ3v) is 3.46. The van der Waals surface area contributed by atoms with Crippen LogP contribution in [0, 0.1) is 6.92 Å². The van der Waals surface area contributed by atoms with E-state index in [2.05, 4.69) is 18.9 Å². The van der Waals surface area contributed by atoms with Gasteiger partial charge in [0.05, 0.1) is 16.4 Å². The highest BCUT2D eigenvalue weighted by molar-refractivity contribution is 6.31. The van der Waals surface area contributed by atoms with Crippen LogP contribution in [0.15, 0.2) is 0 Å². The lowest BCUT2D eigenvalue weighted by Crippen LogP contribution is -2.18. The number of rotatable bonds is 6. The minimum atomic E-state index is 0.317. The second-order valence-corrected chi connectivity index (χ2v) is 4.60. The maximum absolute atomic E-state index is 6.23. The maximum atomic E-state index is 6.23. The molecule has 0 bridgehead atoms. The Balaban J connectivity index is 2.59. The number of hydrogen-bond acceptors (Lipinski definition) is 2. The van der Waals surface area contributed by atoms with E-state index in [4.69, 9.17) is 17.3 Å².